The van der Waals surface area contributed by atoms with Crippen LogP contribution in [0.15, 0.2) is 18.2 Å². The molecule has 0 heterocycles. The molecule has 1 aromatic rings. The van der Waals surface area contributed by atoms with Gasteiger partial charge in [-0.1, -0.05) is 38.4 Å². The average Bonchev–Trinajstić information content (AvgIpc) is 2.29. The van der Waals surface area contributed by atoms with Crippen LogP contribution in [0, 0.1) is 11.7 Å². The molecule has 1 aliphatic rings. The molecule has 0 amide bonds. The van der Waals surface area contributed by atoms with Gasteiger partial charge in [0, 0.05) is 23.0 Å². The Bertz CT molecular complexity index is 433. The van der Waals surface area contributed by atoms with Gasteiger partial charge in [0.2, 0.25) is 0 Å². The molecule has 0 aliphatic heterocycles. The fourth-order valence-electron chi connectivity index (χ4n) is 2.82. The molecule has 2 rings (SSSR count). The lowest BCUT2D eigenvalue weighted by Gasteiger charge is -2.49. The van der Waals surface area contributed by atoms with Crippen molar-refractivity contribution in [3.8, 4) is 0 Å². The third-order valence-electron chi connectivity index (χ3n) is 4.26. The summed E-state index contributed by atoms with van der Waals surface area (Å²) in [5.41, 5.74) is 1.17. The van der Waals surface area contributed by atoms with Crippen LogP contribution in [0.3, 0.4) is 0 Å². The fraction of sp³-hybridized carbons (Fsp3) is 0.600. The highest BCUT2D eigenvalue weighted by Crippen LogP contribution is 2.50. The van der Waals surface area contributed by atoms with Crippen LogP contribution in [0.2, 0.25) is 5.02 Å². The molecule has 0 radical (unpaired) electrons. The minimum Gasteiger partial charge on any atom is -0.314 e. The Balaban J connectivity index is 2.29. The van der Waals surface area contributed by atoms with E-state index in [4.69, 9.17) is 11.6 Å². The average molecular weight is 270 g/mol. The predicted molar refractivity (Wildman–Crippen MR) is 74.6 cm³/mol. The zero-order valence-corrected chi connectivity index (χ0v) is 12.0. The van der Waals surface area contributed by atoms with E-state index in [0.29, 0.717) is 17.0 Å². The first kappa shape index (κ1) is 13.8. The van der Waals surface area contributed by atoms with Gasteiger partial charge in [-0.05, 0) is 36.5 Å². The lowest BCUT2D eigenvalue weighted by Crippen LogP contribution is -2.51. The minimum absolute atomic E-state index is 0.0784. The number of nitrogens with one attached hydrogen (secondary N) is 1. The molecule has 0 spiro atoms. The van der Waals surface area contributed by atoms with E-state index >= 15 is 0 Å². The van der Waals surface area contributed by atoms with Crippen molar-refractivity contribution in [2.24, 2.45) is 5.92 Å². The molecule has 1 N–H and O–H groups in total. The van der Waals surface area contributed by atoms with Crippen LogP contribution in [-0.2, 0) is 5.41 Å². The van der Waals surface area contributed by atoms with Gasteiger partial charge in [-0.3, -0.25) is 0 Å². The highest BCUT2D eigenvalue weighted by Gasteiger charge is 2.46. The Labute approximate surface area is 114 Å². The Morgan fingerprint density at radius 1 is 1.50 bits per heavy atom. The molecular formula is C15H21ClFN. The summed E-state index contributed by atoms with van der Waals surface area (Å²) in [5, 5.41) is 4.07. The zero-order valence-electron chi connectivity index (χ0n) is 11.3. The van der Waals surface area contributed by atoms with Gasteiger partial charge in [0.05, 0.1) is 0 Å². The van der Waals surface area contributed by atoms with Crippen molar-refractivity contribution in [1.82, 2.24) is 5.32 Å². The standard InChI is InChI=1S/C15H21ClFN/c1-10(2)18-9-15(7-6-11(15)3)13-5-4-12(17)8-14(13)16/h4-5,8,10-11,18H,6-7,9H2,1-3H3. The van der Waals surface area contributed by atoms with E-state index in [1.807, 2.05) is 6.07 Å². The maximum atomic E-state index is 13.2. The molecule has 0 bridgehead atoms. The molecule has 1 aliphatic carbocycles. The van der Waals surface area contributed by atoms with E-state index in [2.05, 4.69) is 26.1 Å². The van der Waals surface area contributed by atoms with Crippen LogP contribution >= 0.6 is 11.6 Å². The molecule has 2 unspecified atom stereocenters. The molecule has 1 fully saturated rings. The smallest absolute Gasteiger partial charge is 0.124 e. The first-order valence-corrected chi connectivity index (χ1v) is 7.02. The zero-order chi connectivity index (χ0) is 13.3. The third-order valence-corrected chi connectivity index (χ3v) is 4.57. The summed E-state index contributed by atoms with van der Waals surface area (Å²) in [7, 11) is 0. The Morgan fingerprint density at radius 3 is 2.67 bits per heavy atom. The molecule has 1 saturated carbocycles. The number of halogens is 2. The number of hydrogen-bond donors (Lipinski definition) is 1. The molecule has 100 valence electrons. The van der Waals surface area contributed by atoms with Crippen LogP contribution in [-0.4, -0.2) is 12.6 Å². The normalized spacial score (nSPS) is 27.3. The Hall–Kier alpha value is -0.600. The van der Waals surface area contributed by atoms with Gasteiger partial charge in [0.1, 0.15) is 5.82 Å². The second kappa shape index (κ2) is 5.18. The summed E-state index contributed by atoms with van der Waals surface area (Å²) < 4.78 is 13.2. The number of rotatable bonds is 4. The van der Waals surface area contributed by atoms with E-state index in [-0.39, 0.29) is 11.2 Å². The molecule has 1 aromatic carbocycles. The Kier molecular flexibility index (Phi) is 3.98. The predicted octanol–water partition coefficient (Wildman–Crippen LogP) is 4.14. The van der Waals surface area contributed by atoms with Crippen molar-refractivity contribution in [3.63, 3.8) is 0 Å². The summed E-state index contributed by atoms with van der Waals surface area (Å²) in [4.78, 5) is 0. The minimum atomic E-state index is -0.261. The molecule has 0 aromatic heterocycles. The summed E-state index contributed by atoms with van der Waals surface area (Å²) in [6.07, 6.45) is 2.34. The van der Waals surface area contributed by atoms with Crippen LogP contribution in [0.5, 0.6) is 0 Å². The van der Waals surface area contributed by atoms with E-state index < -0.39 is 0 Å². The van der Waals surface area contributed by atoms with Crippen molar-refractivity contribution in [2.75, 3.05) is 6.54 Å². The summed E-state index contributed by atoms with van der Waals surface area (Å²) in [5.74, 6) is 0.328. The van der Waals surface area contributed by atoms with Gasteiger partial charge >= 0.3 is 0 Å². The van der Waals surface area contributed by atoms with Crippen LogP contribution in [0.4, 0.5) is 4.39 Å². The Morgan fingerprint density at radius 2 is 2.22 bits per heavy atom. The molecule has 18 heavy (non-hydrogen) atoms. The summed E-state index contributed by atoms with van der Waals surface area (Å²) in [6, 6.07) is 5.26. The first-order chi connectivity index (χ1) is 8.45. The van der Waals surface area contributed by atoms with Crippen molar-refractivity contribution in [3.05, 3.63) is 34.6 Å². The second-order valence-corrected chi connectivity index (χ2v) is 6.16. The van der Waals surface area contributed by atoms with E-state index in [1.165, 1.54) is 18.6 Å². The SMILES string of the molecule is CC(C)NCC1(c2ccc(F)cc2Cl)CCC1C. The van der Waals surface area contributed by atoms with Crippen molar-refractivity contribution in [1.29, 1.82) is 0 Å². The maximum absolute atomic E-state index is 13.2. The first-order valence-electron chi connectivity index (χ1n) is 6.64. The number of hydrogen-bond acceptors (Lipinski definition) is 1. The monoisotopic (exact) mass is 269 g/mol. The van der Waals surface area contributed by atoms with Gasteiger partial charge in [-0.2, -0.15) is 0 Å². The lowest BCUT2D eigenvalue weighted by atomic mass is 9.57. The second-order valence-electron chi connectivity index (χ2n) is 5.76. The summed E-state index contributed by atoms with van der Waals surface area (Å²) >= 11 is 6.24. The highest BCUT2D eigenvalue weighted by molar-refractivity contribution is 6.31. The lowest BCUT2D eigenvalue weighted by molar-refractivity contribution is 0.131. The largest absolute Gasteiger partial charge is 0.314 e. The molecule has 0 saturated heterocycles. The number of benzene rings is 1. The topological polar surface area (TPSA) is 12.0 Å². The quantitative estimate of drug-likeness (QED) is 0.866. The summed E-state index contributed by atoms with van der Waals surface area (Å²) in [6.45, 7) is 7.45. The molecule has 3 heteroatoms. The fourth-order valence-corrected chi connectivity index (χ4v) is 3.17. The highest BCUT2D eigenvalue weighted by atomic mass is 35.5. The maximum Gasteiger partial charge on any atom is 0.124 e. The molecular weight excluding hydrogens is 249 g/mol. The molecule has 1 nitrogen and oxygen atoms in total. The van der Waals surface area contributed by atoms with Gasteiger partial charge in [-0.25, -0.2) is 4.39 Å². The van der Waals surface area contributed by atoms with Crippen molar-refractivity contribution < 1.29 is 4.39 Å². The van der Waals surface area contributed by atoms with E-state index in [9.17, 15) is 4.39 Å². The molecule has 2 atom stereocenters. The van der Waals surface area contributed by atoms with Crippen LogP contribution in [0.1, 0.15) is 39.2 Å². The van der Waals surface area contributed by atoms with Crippen molar-refractivity contribution in [2.45, 2.75) is 45.1 Å². The van der Waals surface area contributed by atoms with E-state index in [0.717, 1.165) is 18.5 Å². The van der Waals surface area contributed by atoms with Gasteiger partial charge in [-0.15, -0.1) is 0 Å². The van der Waals surface area contributed by atoms with Crippen LogP contribution < -0.4 is 5.32 Å². The van der Waals surface area contributed by atoms with Crippen molar-refractivity contribution >= 4 is 11.6 Å². The van der Waals surface area contributed by atoms with Gasteiger partial charge < -0.3 is 5.32 Å². The van der Waals surface area contributed by atoms with Gasteiger partial charge in [0.25, 0.3) is 0 Å². The van der Waals surface area contributed by atoms with Gasteiger partial charge in [0.15, 0.2) is 0 Å². The van der Waals surface area contributed by atoms with Crippen LogP contribution in [0.25, 0.3) is 0 Å². The van der Waals surface area contributed by atoms with E-state index in [1.54, 1.807) is 0 Å². The third kappa shape index (κ3) is 2.41.